The van der Waals surface area contributed by atoms with Gasteiger partial charge in [-0.05, 0) is 74.0 Å². The summed E-state index contributed by atoms with van der Waals surface area (Å²) in [7, 11) is -10.1. The summed E-state index contributed by atoms with van der Waals surface area (Å²) in [5, 5.41) is 0.712. The molecule has 0 N–H and O–H groups in total. The van der Waals surface area contributed by atoms with Crippen LogP contribution in [0.2, 0.25) is 16.6 Å². The van der Waals surface area contributed by atoms with Gasteiger partial charge in [-0.2, -0.15) is 12.7 Å². The first-order chi connectivity index (χ1) is 17.8. The van der Waals surface area contributed by atoms with Crippen molar-refractivity contribution in [3.05, 3.63) is 24.3 Å². The zero-order valence-corrected chi connectivity index (χ0v) is 28.8. The molecule has 0 aliphatic heterocycles. The molecule has 222 valence electrons. The Morgan fingerprint density at radius 3 is 2.05 bits per heavy atom. The molecule has 1 amide bonds. The maximum Gasteiger partial charge on any atom is 0.424 e. The van der Waals surface area contributed by atoms with Gasteiger partial charge in [-0.25, -0.2) is 4.79 Å². The Kier molecular flexibility index (Phi) is 11.0. The maximum absolute atomic E-state index is 13.8. The molecule has 0 radical (unpaired) electrons. The number of hydrogen-bond donors (Lipinski definition) is 0. The summed E-state index contributed by atoms with van der Waals surface area (Å²) in [6.07, 6.45) is -1.60. The number of fused-ring (bicyclic) bond motifs is 1. The van der Waals surface area contributed by atoms with E-state index in [-0.39, 0.29) is 17.0 Å². The molecule has 0 aliphatic carbocycles. The molecule has 1 unspecified atom stereocenters. The highest BCUT2D eigenvalue weighted by Gasteiger charge is 2.47. The van der Waals surface area contributed by atoms with Crippen molar-refractivity contribution >= 4 is 53.2 Å². The Morgan fingerprint density at radius 2 is 1.59 bits per heavy atom. The predicted octanol–water partition coefficient (Wildman–Crippen LogP) is 8.67. The SMILES string of the molecule is CCOP(=O)(CC)CN(C(=O)OC(C)(C)C)S(=O)(=O)c1cc2ccc(O[Si](C(C)C)(C(C)C)C(C)C)cc2s1. The van der Waals surface area contributed by atoms with Gasteiger partial charge in [0.15, 0.2) is 0 Å². The van der Waals surface area contributed by atoms with Crippen molar-refractivity contribution < 1.29 is 31.5 Å². The molecule has 0 bridgehead atoms. The number of thiophene rings is 1. The van der Waals surface area contributed by atoms with Crippen molar-refractivity contribution in [1.29, 1.82) is 0 Å². The van der Waals surface area contributed by atoms with E-state index in [0.29, 0.717) is 32.1 Å². The summed E-state index contributed by atoms with van der Waals surface area (Å²) in [6, 6.07) is 7.14. The first-order valence-electron chi connectivity index (χ1n) is 13.5. The van der Waals surface area contributed by atoms with Crippen molar-refractivity contribution in [1.82, 2.24) is 4.31 Å². The molecule has 12 heteroatoms. The van der Waals surface area contributed by atoms with Crippen molar-refractivity contribution in [2.24, 2.45) is 0 Å². The highest BCUT2D eigenvalue weighted by atomic mass is 32.2. The third-order valence-electron chi connectivity index (χ3n) is 6.80. The lowest BCUT2D eigenvalue weighted by Gasteiger charge is -2.42. The van der Waals surface area contributed by atoms with E-state index in [2.05, 4.69) is 41.5 Å². The fraction of sp³-hybridized carbons (Fsp3) is 0.667. The minimum Gasteiger partial charge on any atom is -0.543 e. The molecular weight excluding hydrogens is 573 g/mol. The van der Waals surface area contributed by atoms with Crippen molar-refractivity contribution in [2.45, 2.75) is 103 Å². The molecule has 1 aromatic heterocycles. The van der Waals surface area contributed by atoms with Crippen molar-refractivity contribution in [3.63, 3.8) is 0 Å². The van der Waals surface area contributed by atoms with Gasteiger partial charge >= 0.3 is 6.09 Å². The molecule has 1 atom stereocenters. The van der Waals surface area contributed by atoms with Crippen LogP contribution in [0.5, 0.6) is 5.75 Å². The Morgan fingerprint density at radius 1 is 1.03 bits per heavy atom. The van der Waals surface area contributed by atoms with Crippen LogP contribution in [0.3, 0.4) is 0 Å². The van der Waals surface area contributed by atoms with Crippen LogP contribution in [0.15, 0.2) is 28.5 Å². The summed E-state index contributed by atoms with van der Waals surface area (Å²) in [4.78, 5) is 13.1. The summed E-state index contributed by atoms with van der Waals surface area (Å²) in [6.45, 7) is 21.7. The van der Waals surface area contributed by atoms with Crippen LogP contribution in [0.4, 0.5) is 4.79 Å². The predicted molar refractivity (Wildman–Crippen MR) is 163 cm³/mol. The molecule has 0 saturated carbocycles. The van der Waals surface area contributed by atoms with E-state index in [4.69, 9.17) is 13.7 Å². The highest BCUT2D eigenvalue weighted by Crippen LogP contribution is 2.49. The monoisotopic (exact) mass is 619 g/mol. The Labute approximate surface area is 240 Å². The minimum atomic E-state index is -4.39. The van der Waals surface area contributed by atoms with E-state index in [9.17, 15) is 17.8 Å². The third kappa shape index (κ3) is 7.67. The van der Waals surface area contributed by atoms with Gasteiger partial charge < -0.3 is 13.7 Å². The number of hydrogen-bond acceptors (Lipinski definition) is 8. The normalized spacial score (nSPS) is 14.7. The maximum atomic E-state index is 13.8. The minimum absolute atomic E-state index is 0.0419. The second-order valence-corrected chi connectivity index (χ2v) is 23.1. The average molecular weight is 620 g/mol. The zero-order chi connectivity index (χ0) is 30.0. The Bertz CT molecular complexity index is 1280. The van der Waals surface area contributed by atoms with E-state index < -0.39 is 43.7 Å². The van der Waals surface area contributed by atoms with Gasteiger partial charge in [0.25, 0.3) is 18.3 Å². The molecule has 0 spiro atoms. The number of carbonyl (C=O) groups is 1. The van der Waals surface area contributed by atoms with Gasteiger partial charge in [-0.1, -0.05) is 48.5 Å². The smallest absolute Gasteiger partial charge is 0.424 e. The molecule has 8 nitrogen and oxygen atoms in total. The molecule has 1 heterocycles. The fourth-order valence-corrected chi connectivity index (χ4v) is 15.4. The molecule has 2 aromatic rings. The fourth-order valence-electron chi connectivity index (χ4n) is 5.05. The number of benzene rings is 1. The van der Waals surface area contributed by atoms with Crippen molar-refractivity contribution in [2.75, 3.05) is 19.1 Å². The molecule has 39 heavy (non-hydrogen) atoms. The van der Waals surface area contributed by atoms with Gasteiger partial charge in [-0.3, -0.25) is 4.57 Å². The zero-order valence-electron chi connectivity index (χ0n) is 25.2. The van der Waals surface area contributed by atoms with Gasteiger partial charge in [0.2, 0.25) is 7.37 Å². The number of carbonyl (C=O) groups excluding carboxylic acids is 1. The molecule has 2 rings (SSSR count). The molecular formula is C27H46NO7PS2Si. The van der Waals surface area contributed by atoms with Crippen LogP contribution in [-0.2, 0) is 23.8 Å². The van der Waals surface area contributed by atoms with Gasteiger partial charge in [-0.15, -0.1) is 11.3 Å². The number of ether oxygens (including phenoxy) is 1. The second-order valence-electron chi connectivity index (χ2n) is 11.7. The molecule has 0 saturated heterocycles. The lowest BCUT2D eigenvalue weighted by atomic mass is 10.2. The summed E-state index contributed by atoms with van der Waals surface area (Å²) in [5.74, 6) is 0.715. The largest absolute Gasteiger partial charge is 0.543 e. The third-order valence-corrected chi connectivity index (χ3v) is 18.7. The van der Waals surface area contributed by atoms with Crippen LogP contribution in [0.1, 0.15) is 76.2 Å². The van der Waals surface area contributed by atoms with Crippen LogP contribution < -0.4 is 4.43 Å². The lowest BCUT2D eigenvalue weighted by Crippen LogP contribution is -2.50. The van der Waals surface area contributed by atoms with Crippen molar-refractivity contribution in [3.8, 4) is 5.75 Å². The highest BCUT2D eigenvalue weighted by molar-refractivity contribution is 7.92. The van der Waals surface area contributed by atoms with Crippen LogP contribution in [0, 0.1) is 0 Å². The number of sulfonamides is 1. The summed E-state index contributed by atoms with van der Waals surface area (Å²) in [5.41, 5.74) is 0.206. The first kappa shape index (κ1) is 33.8. The van der Waals surface area contributed by atoms with E-state index in [1.165, 1.54) is 6.07 Å². The second kappa shape index (κ2) is 12.6. The summed E-state index contributed by atoms with van der Waals surface area (Å²) < 4.78 is 59.9. The molecule has 0 aliphatic rings. The van der Waals surface area contributed by atoms with Crippen LogP contribution >= 0.6 is 18.7 Å². The number of amides is 1. The number of rotatable bonds is 12. The van der Waals surface area contributed by atoms with E-state index in [0.717, 1.165) is 16.0 Å². The average Bonchev–Trinajstić information content (AvgIpc) is 3.23. The Hall–Kier alpha value is -1.39. The topological polar surface area (TPSA) is 99.2 Å². The van der Waals surface area contributed by atoms with Gasteiger partial charge in [0.1, 0.15) is 21.8 Å². The van der Waals surface area contributed by atoms with E-state index >= 15 is 0 Å². The molecule has 1 aromatic carbocycles. The first-order valence-corrected chi connectivity index (χ1v) is 19.9. The van der Waals surface area contributed by atoms with E-state index in [1.807, 2.05) is 18.2 Å². The lowest BCUT2D eigenvalue weighted by molar-refractivity contribution is 0.0406. The molecule has 0 fully saturated rings. The quantitative estimate of drug-likeness (QED) is 0.173. The van der Waals surface area contributed by atoms with E-state index in [1.54, 1.807) is 34.6 Å². The van der Waals surface area contributed by atoms with Gasteiger partial charge in [0, 0.05) is 10.9 Å². The van der Waals surface area contributed by atoms with Gasteiger partial charge in [0.05, 0.1) is 6.61 Å². The standard InChI is InChI=1S/C27H46NO7PS2Si/c1-12-33-36(30,13-2)18-28(26(29)34-27(9,10)11)38(31,32)25-16-22-14-15-23(17-24(22)37-25)35-39(19(3)4,20(5)6)21(7)8/h14-17,19-21H,12-13,18H2,1-11H3. The van der Waals surface area contributed by atoms with Crippen LogP contribution in [-0.4, -0.2) is 51.8 Å². The Balaban J connectivity index is 2.58. The van der Waals surface area contributed by atoms with Crippen LogP contribution in [0.25, 0.3) is 10.1 Å². The number of nitrogens with zero attached hydrogens (tertiary/aromatic N) is 1. The summed E-state index contributed by atoms with van der Waals surface area (Å²) >= 11 is 1.05.